The topological polar surface area (TPSA) is 132 Å². The molecule has 33 heavy (non-hydrogen) atoms. The summed E-state index contributed by atoms with van der Waals surface area (Å²) >= 11 is 0. The monoisotopic (exact) mass is 486 g/mol. The Morgan fingerprint density at radius 3 is 2.48 bits per heavy atom. The Morgan fingerprint density at radius 2 is 1.94 bits per heavy atom. The normalized spacial score (nSPS) is 14.2. The molecule has 14 heteroatoms. The zero-order valence-corrected chi connectivity index (χ0v) is 18.2. The number of anilines is 1. The second-order valence-electron chi connectivity index (χ2n) is 7.30. The van der Waals surface area contributed by atoms with Crippen molar-refractivity contribution >= 4 is 21.9 Å². The number of hydrogen-bond acceptors (Lipinski definition) is 6. The molecule has 2 aromatic heterocycles. The van der Waals surface area contributed by atoms with Gasteiger partial charge in [0.2, 0.25) is 5.95 Å². The quantitative estimate of drug-likeness (QED) is 0.548. The first-order chi connectivity index (χ1) is 15.5. The molecule has 0 bridgehead atoms. The van der Waals surface area contributed by atoms with Crippen LogP contribution in [0.5, 0.6) is 0 Å². The zero-order chi connectivity index (χ0) is 24.2. The van der Waals surface area contributed by atoms with Crippen LogP contribution in [0.3, 0.4) is 0 Å². The predicted molar refractivity (Wildman–Crippen MR) is 110 cm³/mol. The predicted octanol–water partition coefficient (Wildman–Crippen LogP) is 2.76. The third kappa shape index (κ3) is 6.09. The second kappa shape index (κ2) is 9.60. The molecule has 0 saturated heterocycles. The number of aromatic nitrogens is 5. The van der Waals surface area contributed by atoms with Crippen molar-refractivity contribution in [3.05, 3.63) is 54.4 Å². The van der Waals surface area contributed by atoms with Gasteiger partial charge in [0.1, 0.15) is 0 Å². The largest absolute Gasteiger partial charge is 0.490 e. The van der Waals surface area contributed by atoms with E-state index in [2.05, 4.69) is 19.8 Å². The summed E-state index contributed by atoms with van der Waals surface area (Å²) in [6, 6.07) is 6.92. The van der Waals surface area contributed by atoms with E-state index in [-0.39, 0.29) is 10.8 Å². The highest BCUT2D eigenvalue weighted by molar-refractivity contribution is 7.92. The number of carboxylic acid groups (broad SMARTS) is 1. The van der Waals surface area contributed by atoms with Crippen LogP contribution in [0.1, 0.15) is 36.6 Å². The van der Waals surface area contributed by atoms with Crippen LogP contribution >= 0.6 is 0 Å². The number of aryl methyl sites for hydroxylation is 1. The summed E-state index contributed by atoms with van der Waals surface area (Å²) in [6.07, 6.45) is 3.32. The van der Waals surface area contributed by atoms with Crippen molar-refractivity contribution in [1.82, 2.24) is 24.3 Å². The highest BCUT2D eigenvalue weighted by Gasteiger charge is 2.38. The smallest absolute Gasteiger partial charge is 0.475 e. The summed E-state index contributed by atoms with van der Waals surface area (Å²) in [5.41, 5.74) is 0.680. The van der Waals surface area contributed by atoms with E-state index in [4.69, 9.17) is 9.90 Å². The van der Waals surface area contributed by atoms with E-state index in [1.807, 2.05) is 10.6 Å². The van der Waals surface area contributed by atoms with E-state index in [0.717, 1.165) is 12.8 Å². The highest BCUT2D eigenvalue weighted by atomic mass is 32.2. The summed E-state index contributed by atoms with van der Waals surface area (Å²) in [7, 11) is -2.08. The molecule has 4 rings (SSSR count). The summed E-state index contributed by atoms with van der Waals surface area (Å²) in [5.74, 6) is -1.46. The number of rotatable bonds is 6. The van der Waals surface area contributed by atoms with Gasteiger partial charge in [0, 0.05) is 31.9 Å². The lowest BCUT2D eigenvalue weighted by molar-refractivity contribution is -0.192. The van der Waals surface area contributed by atoms with Gasteiger partial charge in [-0.3, -0.25) is 0 Å². The highest BCUT2D eigenvalue weighted by Crippen LogP contribution is 2.35. The van der Waals surface area contributed by atoms with Gasteiger partial charge in [-0.2, -0.15) is 23.3 Å². The molecule has 1 fully saturated rings. The van der Waals surface area contributed by atoms with Crippen molar-refractivity contribution in [2.45, 2.75) is 42.8 Å². The second-order valence-corrected chi connectivity index (χ2v) is 8.95. The molecule has 1 aliphatic rings. The van der Waals surface area contributed by atoms with Crippen molar-refractivity contribution in [2.24, 2.45) is 7.05 Å². The number of sulfonamides is 1. The molecule has 0 radical (unpaired) electrons. The number of carboxylic acids is 1. The van der Waals surface area contributed by atoms with Crippen LogP contribution in [0.15, 0.2) is 47.9 Å². The number of imidazole rings is 1. The molecule has 2 heterocycles. The molecule has 0 atom stereocenters. The average Bonchev–Trinajstić information content (AvgIpc) is 3.30. The standard InChI is InChI=1S/C17H20N6O2S.C2HF3O2/c1-22-17(19-16(20-22)13-6-4-7-13)21-26(24,25)15-8-3-2-5-14(15)11-23-10-9-18-12-23;3-2(4,5)1(6)7/h2-3,5,8-10,12-13H,4,6-7,11H2,1H3,(H,19,20,21);(H,6,7). The van der Waals surface area contributed by atoms with Gasteiger partial charge < -0.3 is 9.67 Å². The molecular formula is C19H21F3N6O4S. The average molecular weight is 486 g/mol. The van der Waals surface area contributed by atoms with Crippen LogP contribution < -0.4 is 4.72 Å². The molecule has 0 spiro atoms. The first-order valence-electron chi connectivity index (χ1n) is 9.75. The Morgan fingerprint density at radius 1 is 1.27 bits per heavy atom. The fourth-order valence-electron chi connectivity index (χ4n) is 2.98. The molecule has 0 aliphatic heterocycles. The van der Waals surface area contributed by atoms with Gasteiger partial charge in [0.25, 0.3) is 10.0 Å². The number of nitrogens with one attached hydrogen (secondary N) is 1. The van der Waals surface area contributed by atoms with Crippen molar-refractivity contribution in [1.29, 1.82) is 0 Å². The number of hydrogen-bond donors (Lipinski definition) is 2. The molecule has 1 aromatic carbocycles. The third-order valence-corrected chi connectivity index (χ3v) is 6.32. The van der Waals surface area contributed by atoms with Crippen molar-refractivity contribution in [3.8, 4) is 0 Å². The molecule has 1 aliphatic carbocycles. The van der Waals surface area contributed by atoms with E-state index in [1.54, 1.807) is 44.0 Å². The van der Waals surface area contributed by atoms with Gasteiger partial charge >= 0.3 is 12.1 Å². The fourth-order valence-corrected chi connectivity index (χ4v) is 4.24. The zero-order valence-electron chi connectivity index (χ0n) is 17.4. The number of aliphatic carboxylic acids is 1. The SMILES string of the molecule is Cn1nc(C2CCC2)nc1NS(=O)(=O)c1ccccc1Cn1ccnc1.O=C(O)C(F)(F)F. The molecule has 0 unspecified atom stereocenters. The Bertz CT molecular complexity index is 1200. The minimum atomic E-state index is -5.08. The molecule has 3 aromatic rings. The number of benzene rings is 1. The Balaban J connectivity index is 0.000000383. The van der Waals surface area contributed by atoms with Gasteiger partial charge in [-0.25, -0.2) is 27.6 Å². The van der Waals surface area contributed by atoms with Crippen LogP contribution in [0, 0.1) is 0 Å². The van der Waals surface area contributed by atoms with E-state index in [0.29, 0.717) is 23.9 Å². The Labute approximate surface area is 187 Å². The lowest BCUT2D eigenvalue weighted by atomic mass is 9.85. The summed E-state index contributed by atoms with van der Waals surface area (Å²) < 4.78 is 63.5. The minimum Gasteiger partial charge on any atom is -0.475 e. The summed E-state index contributed by atoms with van der Waals surface area (Å²) in [4.78, 5) is 17.5. The summed E-state index contributed by atoms with van der Waals surface area (Å²) in [6.45, 7) is 0.420. The first kappa shape index (κ1) is 24.2. The van der Waals surface area contributed by atoms with Gasteiger partial charge in [0.05, 0.1) is 11.2 Å². The van der Waals surface area contributed by atoms with Crippen LogP contribution in [0.4, 0.5) is 19.1 Å². The van der Waals surface area contributed by atoms with Gasteiger partial charge in [-0.05, 0) is 24.5 Å². The fraction of sp³-hybridized carbons (Fsp3) is 0.368. The van der Waals surface area contributed by atoms with E-state index < -0.39 is 22.2 Å². The number of alkyl halides is 3. The number of nitrogens with zero attached hydrogens (tertiary/aromatic N) is 5. The van der Waals surface area contributed by atoms with Crippen molar-refractivity contribution in [3.63, 3.8) is 0 Å². The van der Waals surface area contributed by atoms with E-state index >= 15 is 0 Å². The third-order valence-electron chi connectivity index (χ3n) is 4.89. The Kier molecular flexibility index (Phi) is 7.05. The van der Waals surface area contributed by atoms with Crippen LogP contribution in [0.25, 0.3) is 0 Å². The molecule has 178 valence electrons. The molecule has 2 N–H and O–H groups in total. The minimum absolute atomic E-state index is 0.224. The van der Waals surface area contributed by atoms with Crippen LogP contribution in [-0.4, -0.2) is 50.0 Å². The van der Waals surface area contributed by atoms with Crippen molar-refractivity contribution < 1.29 is 31.5 Å². The lowest BCUT2D eigenvalue weighted by Gasteiger charge is -2.21. The first-order valence-corrected chi connectivity index (χ1v) is 11.2. The molecule has 0 amide bonds. The maximum atomic E-state index is 12.9. The van der Waals surface area contributed by atoms with Gasteiger partial charge in [-0.15, -0.1) is 0 Å². The number of halogens is 3. The van der Waals surface area contributed by atoms with Gasteiger partial charge in [0.15, 0.2) is 5.82 Å². The Hall–Kier alpha value is -3.42. The van der Waals surface area contributed by atoms with E-state index in [1.165, 1.54) is 11.1 Å². The van der Waals surface area contributed by atoms with E-state index in [9.17, 15) is 21.6 Å². The number of carbonyl (C=O) groups is 1. The maximum absolute atomic E-state index is 12.9. The lowest BCUT2D eigenvalue weighted by Crippen LogP contribution is -2.21. The van der Waals surface area contributed by atoms with Crippen molar-refractivity contribution in [2.75, 3.05) is 4.72 Å². The van der Waals surface area contributed by atoms with Crippen LogP contribution in [0.2, 0.25) is 0 Å². The van der Waals surface area contributed by atoms with Gasteiger partial charge in [-0.1, -0.05) is 24.6 Å². The molecule has 10 nitrogen and oxygen atoms in total. The maximum Gasteiger partial charge on any atom is 0.490 e. The molecule has 1 saturated carbocycles. The van der Waals surface area contributed by atoms with Crippen LogP contribution in [-0.2, 0) is 28.4 Å². The summed E-state index contributed by atoms with van der Waals surface area (Å²) in [5, 5.41) is 11.5. The molecular weight excluding hydrogens is 465 g/mol.